The van der Waals surface area contributed by atoms with Crippen molar-refractivity contribution in [3.8, 4) is 11.8 Å². The molecule has 1 aliphatic carbocycles. The molecule has 3 heteroatoms. The van der Waals surface area contributed by atoms with E-state index in [0.29, 0.717) is 18.9 Å². The maximum atomic E-state index is 12.2. The molecule has 1 aliphatic rings. The lowest BCUT2D eigenvalue weighted by molar-refractivity contribution is -0.117. The van der Waals surface area contributed by atoms with E-state index in [2.05, 4.69) is 17.2 Å². The van der Waals surface area contributed by atoms with Crippen molar-refractivity contribution in [2.45, 2.75) is 45.4 Å². The van der Waals surface area contributed by atoms with Crippen LogP contribution < -0.4 is 11.1 Å². The topological polar surface area (TPSA) is 55.1 Å². The number of anilines is 1. The molecular weight excluding hydrogens is 260 g/mol. The molecular formula is C18H24N2O. The van der Waals surface area contributed by atoms with E-state index >= 15 is 0 Å². The number of hydrogen-bond donors (Lipinski definition) is 2. The molecule has 3 N–H and O–H groups in total. The minimum Gasteiger partial charge on any atom is -0.326 e. The van der Waals surface area contributed by atoms with Crippen LogP contribution in [0.1, 0.15) is 49.7 Å². The van der Waals surface area contributed by atoms with E-state index in [4.69, 9.17) is 5.73 Å². The fraction of sp³-hybridized carbons (Fsp3) is 0.500. The number of rotatable bonds is 3. The normalized spacial score (nSPS) is 15.1. The van der Waals surface area contributed by atoms with E-state index in [1.165, 1.54) is 32.1 Å². The summed E-state index contributed by atoms with van der Waals surface area (Å²) in [4.78, 5) is 12.2. The molecule has 0 unspecified atom stereocenters. The summed E-state index contributed by atoms with van der Waals surface area (Å²) in [5.74, 6) is 6.53. The number of nitrogens with one attached hydrogen (secondary N) is 1. The molecule has 0 atom stereocenters. The third kappa shape index (κ3) is 5.24. The van der Waals surface area contributed by atoms with Crippen molar-refractivity contribution < 1.29 is 4.79 Å². The minimum absolute atomic E-state index is 0.116. The van der Waals surface area contributed by atoms with Crippen molar-refractivity contribution in [1.29, 1.82) is 0 Å². The lowest BCUT2D eigenvalue weighted by Gasteiger charge is -2.20. The van der Waals surface area contributed by atoms with Gasteiger partial charge in [0.25, 0.3) is 0 Å². The summed E-state index contributed by atoms with van der Waals surface area (Å²) in [7, 11) is 0. The first-order valence-electron chi connectivity index (χ1n) is 7.78. The molecule has 1 aromatic rings. The summed E-state index contributed by atoms with van der Waals surface area (Å²) in [5.41, 5.74) is 8.21. The molecule has 0 saturated heterocycles. The Hall–Kier alpha value is -1.79. The van der Waals surface area contributed by atoms with Gasteiger partial charge in [0, 0.05) is 17.7 Å². The Balaban J connectivity index is 1.97. The van der Waals surface area contributed by atoms with Gasteiger partial charge in [-0.3, -0.25) is 4.79 Å². The molecule has 0 bridgehead atoms. The van der Waals surface area contributed by atoms with Crippen molar-refractivity contribution in [2.24, 2.45) is 11.7 Å². The first-order chi connectivity index (χ1) is 10.2. The molecule has 0 aromatic heterocycles. The maximum Gasteiger partial charge on any atom is 0.224 e. The van der Waals surface area contributed by atoms with Crippen LogP contribution in [0.2, 0.25) is 0 Å². The zero-order chi connectivity index (χ0) is 15.1. The number of hydrogen-bond acceptors (Lipinski definition) is 2. The predicted octanol–water partition coefficient (Wildman–Crippen LogP) is 3.21. The lowest BCUT2D eigenvalue weighted by atomic mass is 9.87. The van der Waals surface area contributed by atoms with E-state index in [1.807, 2.05) is 25.1 Å². The van der Waals surface area contributed by atoms with Gasteiger partial charge >= 0.3 is 0 Å². The molecule has 112 valence electrons. The summed E-state index contributed by atoms with van der Waals surface area (Å²) in [6.07, 6.45) is 6.86. The Morgan fingerprint density at radius 1 is 1.29 bits per heavy atom. The number of carbonyl (C=O) groups excluding carboxylic acids is 1. The van der Waals surface area contributed by atoms with Crippen LogP contribution in [0, 0.1) is 24.7 Å². The highest BCUT2D eigenvalue weighted by Crippen LogP contribution is 2.26. The molecule has 1 fully saturated rings. The Morgan fingerprint density at radius 2 is 2.05 bits per heavy atom. The third-order valence-corrected chi connectivity index (χ3v) is 3.89. The highest BCUT2D eigenvalue weighted by atomic mass is 16.1. The number of carbonyl (C=O) groups is 1. The zero-order valence-electron chi connectivity index (χ0n) is 12.7. The SMILES string of the molecule is Cc1cc(C#CCN)cc(NC(=O)CC2CCCCC2)c1. The van der Waals surface area contributed by atoms with Gasteiger partial charge in [0.1, 0.15) is 0 Å². The second kappa shape index (κ2) is 7.85. The summed E-state index contributed by atoms with van der Waals surface area (Å²) in [5, 5.41) is 3.01. The first kappa shape index (κ1) is 15.6. The van der Waals surface area contributed by atoms with Crippen molar-refractivity contribution >= 4 is 11.6 Å². The van der Waals surface area contributed by atoms with Gasteiger partial charge in [-0.05, 0) is 49.4 Å². The fourth-order valence-corrected chi connectivity index (χ4v) is 2.95. The van der Waals surface area contributed by atoms with Crippen molar-refractivity contribution in [3.63, 3.8) is 0 Å². The van der Waals surface area contributed by atoms with Gasteiger partial charge in [0.15, 0.2) is 0 Å². The van der Waals surface area contributed by atoms with Crippen LogP contribution >= 0.6 is 0 Å². The quantitative estimate of drug-likeness (QED) is 0.837. The second-order valence-corrected chi connectivity index (χ2v) is 5.85. The monoisotopic (exact) mass is 284 g/mol. The summed E-state index contributed by atoms with van der Waals surface area (Å²) >= 11 is 0. The average molecular weight is 284 g/mol. The Kier molecular flexibility index (Phi) is 5.83. The van der Waals surface area contributed by atoms with Gasteiger partial charge < -0.3 is 11.1 Å². The fourth-order valence-electron chi connectivity index (χ4n) is 2.95. The van der Waals surface area contributed by atoms with Crippen LogP contribution in [0.3, 0.4) is 0 Å². The lowest BCUT2D eigenvalue weighted by Crippen LogP contribution is -2.18. The van der Waals surface area contributed by atoms with Gasteiger partial charge in [-0.2, -0.15) is 0 Å². The predicted molar refractivity (Wildman–Crippen MR) is 86.9 cm³/mol. The van der Waals surface area contributed by atoms with Crippen molar-refractivity contribution in [3.05, 3.63) is 29.3 Å². The van der Waals surface area contributed by atoms with Crippen LogP contribution in [-0.4, -0.2) is 12.5 Å². The molecule has 0 heterocycles. The molecule has 2 rings (SSSR count). The molecule has 1 saturated carbocycles. The van der Waals surface area contributed by atoms with Gasteiger partial charge in [-0.1, -0.05) is 31.1 Å². The summed E-state index contributed by atoms with van der Waals surface area (Å²) < 4.78 is 0. The summed E-state index contributed by atoms with van der Waals surface area (Å²) in [6, 6.07) is 5.89. The Bertz CT molecular complexity index is 548. The first-order valence-corrected chi connectivity index (χ1v) is 7.78. The number of amides is 1. The van der Waals surface area contributed by atoms with Crippen LogP contribution in [0.15, 0.2) is 18.2 Å². The van der Waals surface area contributed by atoms with E-state index in [-0.39, 0.29) is 5.91 Å². The van der Waals surface area contributed by atoms with Crippen LogP contribution in [-0.2, 0) is 4.79 Å². The van der Waals surface area contributed by atoms with E-state index in [9.17, 15) is 4.79 Å². The third-order valence-electron chi connectivity index (χ3n) is 3.89. The second-order valence-electron chi connectivity index (χ2n) is 5.85. The van der Waals surface area contributed by atoms with Crippen LogP contribution in [0.5, 0.6) is 0 Å². The molecule has 0 spiro atoms. The van der Waals surface area contributed by atoms with E-state index < -0.39 is 0 Å². The van der Waals surface area contributed by atoms with Gasteiger partial charge in [-0.25, -0.2) is 0 Å². The molecule has 1 aromatic carbocycles. The van der Waals surface area contributed by atoms with Gasteiger partial charge in [0.2, 0.25) is 5.91 Å². The molecule has 0 aliphatic heterocycles. The van der Waals surface area contributed by atoms with Crippen LogP contribution in [0.4, 0.5) is 5.69 Å². The van der Waals surface area contributed by atoms with Crippen molar-refractivity contribution in [1.82, 2.24) is 0 Å². The smallest absolute Gasteiger partial charge is 0.224 e. The molecule has 21 heavy (non-hydrogen) atoms. The number of benzene rings is 1. The standard InChI is InChI=1S/C18H24N2O/c1-14-10-16(8-5-9-19)12-17(11-14)20-18(21)13-15-6-3-2-4-7-15/h10-12,15H,2-4,6-7,9,13,19H2,1H3,(H,20,21). The number of aryl methyl sites for hydroxylation is 1. The number of nitrogens with two attached hydrogens (primary N) is 1. The highest BCUT2D eigenvalue weighted by Gasteiger charge is 2.17. The van der Waals surface area contributed by atoms with E-state index in [1.54, 1.807) is 0 Å². The molecule has 1 amide bonds. The zero-order valence-corrected chi connectivity index (χ0v) is 12.7. The highest BCUT2D eigenvalue weighted by molar-refractivity contribution is 5.91. The molecule has 0 radical (unpaired) electrons. The Morgan fingerprint density at radius 3 is 2.76 bits per heavy atom. The van der Waals surface area contributed by atoms with Gasteiger partial charge in [0.05, 0.1) is 6.54 Å². The van der Waals surface area contributed by atoms with Gasteiger partial charge in [-0.15, -0.1) is 0 Å². The van der Waals surface area contributed by atoms with E-state index in [0.717, 1.165) is 16.8 Å². The summed E-state index contributed by atoms with van der Waals surface area (Å²) in [6.45, 7) is 2.35. The van der Waals surface area contributed by atoms with Crippen molar-refractivity contribution in [2.75, 3.05) is 11.9 Å². The Labute approximate surface area is 127 Å². The largest absolute Gasteiger partial charge is 0.326 e. The average Bonchev–Trinajstić information content (AvgIpc) is 2.45. The maximum absolute atomic E-state index is 12.2. The van der Waals surface area contributed by atoms with Crippen LogP contribution in [0.25, 0.3) is 0 Å². The minimum atomic E-state index is 0.116. The molecule has 3 nitrogen and oxygen atoms in total.